The first-order chi connectivity index (χ1) is 12.2. The van der Waals surface area contributed by atoms with Crippen molar-refractivity contribution in [2.24, 2.45) is 0 Å². The molecule has 0 aliphatic rings. The molecule has 0 aliphatic heterocycles. The lowest BCUT2D eigenvalue weighted by atomic mass is 10.1. The van der Waals surface area contributed by atoms with Crippen LogP contribution < -0.4 is 0 Å². The van der Waals surface area contributed by atoms with Crippen molar-refractivity contribution in [2.45, 2.75) is 128 Å². The predicted molar refractivity (Wildman–Crippen MR) is 133 cm³/mol. The normalized spacial score (nSPS) is 9.59. The Morgan fingerprint density at radius 3 is 1.37 bits per heavy atom. The Labute approximate surface area is 174 Å². The quantitative estimate of drug-likeness (QED) is 0.331. The lowest BCUT2D eigenvalue weighted by Gasteiger charge is -1.97. The molecule has 0 bridgehead atoms. The highest BCUT2D eigenvalue weighted by Crippen LogP contribution is 2.08. The van der Waals surface area contributed by atoms with Gasteiger partial charge in [-0.3, -0.25) is 0 Å². The zero-order valence-corrected chi connectivity index (χ0v) is 19.8. The molecule has 0 rings (SSSR count). The number of unbranched alkanes of at least 4 members (excludes halogenated alkanes) is 3. The summed E-state index contributed by atoms with van der Waals surface area (Å²) in [4.78, 5) is 0. The Bertz CT molecular complexity index is 382. The standard InChI is InChI=1S/C12H22.2C7H14.CH4/c1-5-6-9-12(4)10-7-8-11(2)3;2*1-4-5-6-7(2)3;/h8-9H,5-7,10H2,1-4H3;6H,4-5H2,1-3H3;2,4-6H2,1,3H3;1H4. The Kier molecular flexibility index (Phi) is 33.8. The van der Waals surface area contributed by atoms with E-state index in [-0.39, 0.29) is 7.43 Å². The highest BCUT2D eigenvalue weighted by molar-refractivity contribution is 5.01. The maximum absolute atomic E-state index is 3.79. The number of hydrogen-bond donors (Lipinski definition) is 0. The fourth-order valence-electron chi connectivity index (χ4n) is 1.99. The van der Waals surface area contributed by atoms with Gasteiger partial charge in [0.1, 0.15) is 0 Å². The second-order valence-electron chi connectivity index (χ2n) is 7.79. The van der Waals surface area contributed by atoms with Gasteiger partial charge in [-0.15, -0.1) is 6.58 Å². The average Bonchev–Trinajstić information content (AvgIpc) is 2.57. The van der Waals surface area contributed by atoms with Gasteiger partial charge in [-0.25, -0.2) is 0 Å². The van der Waals surface area contributed by atoms with Crippen LogP contribution in [0.4, 0.5) is 0 Å². The highest BCUT2D eigenvalue weighted by atomic mass is 13.9. The molecule has 0 saturated carbocycles. The van der Waals surface area contributed by atoms with Crippen LogP contribution in [0.1, 0.15) is 128 Å². The zero-order chi connectivity index (χ0) is 20.8. The molecule has 0 aliphatic carbocycles. The lowest BCUT2D eigenvalue weighted by Crippen LogP contribution is -1.77. The summed E-state index contributed by atoms with van der Waals surface area (Å²) in [5.41, 5.74) is 5.70. The largest absolute Gasteiger partial charge is 0.100 e. The summed E-state index contributed by atoms with van der Waals surface area (Å²) in [6.45, 7) is 23.3. The van der Waals surface area contributed by atoms with Crippen LogP contribution in [-0.2, 0) is 0 Å². The predicted octanol–water partition coefficient (Wildman–Crippen LogP) is 10.6. The van der Waals surface area contributed by atoms with E-state index in [2.05, 4.69) is 87.1 Å². The summed E-state index contributed by atoms with van der Waals surface area (Å²) in [5.74, 6) is 0. The molecule has 0 aromatic heterocycles. The summed E-state index contributed by atoms with van der Waals surface area (Å²) >= 11 is 0. The molecule has 0 N–H and O–H groups in total. The molecule has 0 aromatic rings. The summed E-state index contributed by atoms with van der Waals surface area (Å²) in [6, 6.07) is 0. The highest BCUT2D eigenvalue weighted by Gasteiger charge is 1.87. The SMILES string of the molecule is C.C=C(C)CCCC.CCCC=C(C)C.CCCC=C(C)CCC=C(C)C. The molecule has 0 nitrogen and oxygen atoms in total. The minimum atomic E-state index is 0. The fourth-order valence-corrected chi connectivity index (χ4v) is 1.99. The molecule has 0 fully saturated rings. The van der Waals surface area contributed by atoms with Gasteiger partial charge in [-0.2, -0.15) is 0 Å². The first-order valence-corrected chi connectivity index (χ1v) is 10.8. The van der Waals surface area contributed by atoms with Crippen molar-refractivity contribution < 1.29 is 0 Å². The van der Waals surface area contributed by atoms with Gasteiger partial charge in [0, 0.05) is 0 Å². The van der Waals surface area contributed by atoms with Crippen molar-refractivity contribution in [2.75, 3.05) is 0 Å². The van der Waals surface area contributed by atoms with Crippen molar-refractivity contribution in [3.8, 4) is 0 Å². The Morgan fingerprint density at radius 1 is 0.630 bits per heavy atom. The van der Waals surface area contributed by atoms with Crippen molar-refractivity contribution >= 4 is 0 Å². The molecule has 162 valence electrons. The minimum Gasteiger partial charge on any atom is -0.100 e. The van der Waals surface area contributed by atoms with Crippen LogP contribution >= 0.6 is 0 Å². The molecule has 0 atom stereocenters. The van der Waals surface area contributed by atoms with E-state index in [0.717, 1.165) is 0 Å². The van der Waals surface area contributed by atoms with E-state index < -0.39 is 0 Å². The van der Waals surface area contributed by atoms with Gasteiger partial charge < -0.3 is 0 Å². The zero-order valence-electron chi connectivity index (χ0n) is 19.8. The lowest BCUT2D eigenvalue weighted by molar-refractivity contribution is 0.789. The molecule has 0 amide bonds. The van der Waals surface area contributed by atoms with Gasteiger partial charge >= 0.3 is 0 Å². The van der Waals surface area contributed by atoms with Crippen LogP contribution in [0.3, 0.4) is 0 Å². The monoisotopic (exact) mass is 378 g/mol. The van der Waals surface area contributed by atoms with Gasteiger partial charge in [0.2, 0.25) is 0 Å². The van der Waals surface area contributed by atoms with Gasteiger partial charge in [0.05, 0.1) is 0 Å². The minimum absolute atomic E-state index is 0. The van der Waals surface area contributed by atoms with E-state index in [1.165, 1.54) is 80.1 Å². The smallest absolute Gasteiger partial charge is 0.0288 e. The van der Waals surface area contributed by atoms with Gasteiger partial charge in [-0.05, 0) is 80.1 Å². The third-order valence-corrected chi connectivity index (χ3v) is 3.67. The van der Waals surface area contributed by atoms with Crippen molar-refractivity contribution in [1.29, 1.82) is 0 Å². The van der Waals surface area contributed by atoms with E-state index in [4.69, 9.17) is 0 Å². The van der Waals surface area contributed by atoms with E-state index in [1.807, 2.05) is 0 Å². The molecule has 0 spiro atoms. The maximum Gasteiger partial charge on any atom is -0.0288 e. The van der Waals surface area contributed by atoms with Crippen LogP contribution in [-0.4, -0.2) is 0 Å². The van der Waals surface area contributed by atoms with Gasteiger partial charge in [0.15, 0.2) is 0 Å². The Morgan fingerprint density at radius 2 is 1.07 bits per heavy atom. The molecule has 0 radical (unpaired) electrons. The molecule has 27 heavy (non-hydrogen) atoms. The molecule has 0 saturated heterocycles. The summed E-state index contributed by atoms with van der Waals surface area (Å²) < 4.78 is 0. The van der Waals surface area contributed by atoms with Crippen molar-refractivity contribution in [3.05, 3.63) is 47.1 Å². The molecular formula is C27H54. The van der Waals surface area contributed by atoms with E-state index in [1.54, 1.807) is 0 Å². The van der Waals surface area contributed by atoms with Gasteiger partial charge in [0.25, 0.3) is 0 Å². The summed E-state index contributed by atoms with van der Waals surface area (Å²) in [6.07, 6.45) is 18.2. The fraction of sp³-hybridized carbons (Fsp3) is 0.704. The molecule has 0 unspecified atom stereocenters. The van der Waals surface area contributed by atoms with Crippen LogP contribution in [0.5, 0.6) is 0 Å². The van der Waals surface area contributed by atoms with Crippen LogP contribution in [0.15, 0.2) is 47.1 Å². The molecule has 0 heterocycles. The molecule has 0 aromatic carbocycles. The molecule has 0 heteroatoms. The van der Waals surface area contributed by atoms with Crippen LogP contribution in [0, 0.1) is 0 Å². The van der Waals surface area contributed by atoms with E-state index >= 15 is 0 Å². The summed E-state index contributed by atoms with van der Waals surface area (Å²) in [5, 5.41) is 0. The van der Waals surface area contributed by atoms with Crippen LogP contribution in [0.25, 0.3) is 0 Å². The summed E-state index contributed by atoms with van der Waals surface area (Å²) in [7, 11) is 0. The average molecular weight is 379 g/mol. The topological polar surface area (TPSA) is 0 Å². The van der Waals surface area contributed by atoms with Gasteiger partial charge in [-0.1, -0.05) is 88.0 Å². The Hall–Kier alpha value is -1.04. The van der Waals surface area contributed by atoms with Crippen molar-refractivity contribution in [3.63, 3.8) is 0 Å². The van der Waals surface area contributed by atoms with E-state index in [0.29, 0.717) is 0 Å². The second kappa shape index (κ2) is 27.2. The number of hydrogen-bond acceptors (Lipinski definition) is 0. The maximum atomic E-state index is 3.79. The van der Waals surface area contributed by atoms with Crippen LogP contribution in [0.2, 0.25) is 0 Å². The Balaban J connectivity index is -0.000000153. The number of allylic oxidation sites excluding steroid dienone is 7. The number of rotatable bonds is 10. The van der Waals surface area contributed by atoms with Crippen molar-refractivity contribution in [1.82, 2.24) is 0 Å². The second-order valence-corrected chi connectivity index (χ2v) is 7.79. The molecular weight excluding hydrogens is 324 g/mol. The third kappa shape index (κ3) is 45.7. The van der Waals surface area contributed by atoms with E-state index in [9.17, 15) is 0 Å². The first-order valence-electron chi connectivity index (χ1n) is 10.8. The third-order valence-electron chi connectivity index (χ3n) is 3.67. The first kappa shape index (κ1) is 33.5.